The summed E-state index contributed by atoms with van der Waals surface area (Å²) in [6, 6.07) is 22.9. The van der Waals surface area contributed by atoms with E-state index >= 15 is 0 Å². The zero-order chi connectivity index (χ0) is 26.5. The smallest absolute Gasteiger partial charge is 0.252 e. The summed E-state index contributed by atoms with van der Waals surface area (Å²) in [6.07, 6.45) is 0. The predicted octanol–water partition coefficient (Wildman–Crippen LogP) is 5.05. The SMILES string of the molecule is COc1ccc(NC(=O)[C@@H](c2cccs2)N(Cc2ccc(F)cc2)C(=O)Cn2nnc3ccccc32)cc1. The van der Waals surface area contributed by atoms with Gasteiger partial charge in [0.05, 0.1) is 12.6 Å². The monoisotopic (exact) mass is 529 g/mol. The molecular weight excluding hydrogens is 505 g/mol. The summed E-state index contributed by atoms with van der Waals surface area (Å²) in [5.41, 5.74) is 2.62. The van der Waals surface area contributed by atoms with E-state index in [4.69, 9.17) is 4.74 Å². The van der Waals surface area contributed by atoms with Gasteiger partial charge in [-0.25, -0.2) is 9.07 Å². The van der Waals surface area contributed by atoms with Crippen LogP contribution in [0.3, 0.4) is 0 Å². The fourth-order valence-electron chi connectivity index (χ4n) is 4.12. The number of ether oxygens (including phenoxy) is 1. The highest BCUT2D eigenvalue weighted by Gasteiger charge is 2.33. The second-order valence-corrected chi connectivity index (χ2v) is 9.50. The molecule has 0 saturated carbocycles. The number of rotatable bonds is 9. The molecule has 5 aromatic rings. The zero-order valence-electron chi connectivity index (χ0n) is 20.5. The molecule has 2 amide bonds. The Morgan fingerprint density at radius 3 is 2.50 bits per heavy atom. The van der Waals surface area contributed by atoms with E-state index in [0.717, 1.165) is 0 Å². The number of hydrogen-bond donors (Lipinski definition) is 1. The van der Waals surface area contributed by atoms with Gasteiger partial charge in [0.2, 0.25) is 5.91 Å². The van der Waals surface area contributed by atoms with Crippen molar-refractivity contribution >= 4 is 39.9 Å². The van der Waals surface area contributed by atoms with Gasteiger partial charge in [-0.3, -0.25) is 9.59 Å². The number of halogens is 1. The number of para-hydroxylation sites is 1. The van der Waals surface area contributed by atoms with Gasteiger partial charge in [0.25, 0.3) is 5.91 Å². The van der Waals surface area contributed by atoms with Crippen LogP contribution in [-0.2, 0) is 22.7 Å². The van der Waals surface area contributed by atoms with Crippen molar-refractivity contribution in [3.63, 3.8) is 0 Å². The number of amides is 2. The van der Waals surface area contributed by atoms with E-state index in [1.54, 1.807) is 43.5 Å². The van der Waals surface area contributed by atoms with Crippen molar-refractivity contribution in [1.82, 2.24) is 19.9 Å². The molecule has 0 unspecified atom stereocenters. The third kappa shape index (κ3) is 5.55. The first-order valence-electron chi connectivity index (χ1n) is 11.8. The number of carbonyl (C=O) groups is 2. The van der Waals surface area contributed by atoms with Gasteiger partial charge in [-0.05, 0) is 65.5 Å². The maximum absolute atomic E-state index is 13.9. The first-order valence-corrected chi connectivity index (χ1v) is 12.7. The average molecular weight is 530 g/mol. The molecule has 0 aliphatic carbocycles. The predicted molar refractivity (Wildman–Crippen MR) is 143 cm³/mol. The van der Waals surface area contributed by atoms with Gasteiger partial charge < -0.3 is 15.0 Å². The second-order valence-electron chi connectivity index (χ2n) is 8.52. The van der Waals surface area contributed by atoms with Crippen LogP contribution >= 0.6 is 11.3 Å². The number of hydrogen-bond acceptors (Lipinski definition) is 6. The minimum Gasteiger partial charge on any atom is -0.497 e. The van der Waals surface area contributed by atoms with E-state index in [1.165, 1.54) is 33.1 Å². The topological polar surface area (TPSA) is 89.4 Å². The summed E-state index contributed by atoms with van der Waals surface area (Å²) >= 11 is 1.38. The van der Waals surface area contributed by atoms with Crippen LogP contribution in [0.15, 0.2) is 90.3 Å². The molecule has 2 heterocycles. The van der Waals surface area contributed by atoms with Gasteiger partial charge in [-0.1, -0.05) is 35.5 Å². The third-order valence-corrected chi connectivity index (χ3v) is 6.95. The van der Waals surface area contributed by atoms with Crippen LogP contribution in [0.1, 0.15) is 16.5 Å². The fourth-order valence-corrected chi connectivity index (χ4v) is 4.95. The molecule has 192 valence electrons. The number of fused-ring (bicyclic) bond motifs is 1. The Bertz CT molecular complexity index is 1540. The lowest BCUT2D eigenvalue weighted by Crippen LogP contribution is -2.42. The maximum atomic E-state index is 13.9. The molecular formula is C28H24FN5O3S. The summed E-state index contributed by atoms with van der Waals surface area (Å²) in [5.74, 6) is -0.441. The molecule has 10 heteroatoms. The Hall–Kier alpha value is -4.57. The van der Waals surface area contributed by atoms with Gasteiger partial charge in [0.15, 0.2) is 0 Å². The Balaban J connectivity index is 1.50. The van der Waals surface area contributed by atoms with Crippen LogP contribution in [0, 0.1) is 5.82 Å². The van der Waals surface area contributed by atoms with Crippen LogP contribution in [-0.4, -0.2) is 38.8 Å². The van der Waals surface area contributed by atoms with Gasteiger partial charge in [0, 0.05) is 17.1 Å². The number of carbonyl (C=O) groups excluding carboxylic acids is 2. The molecule has 2 aromatic heterocycles. The van der Waals surface area contributed by atoms with Crippen molar-refractivity contribution in [2.24, 2.45) is 0 Å². The van der Waals surface area contributed by atoms with E-state index < -0.39 is 6.04 Å². The van der Waals surface area contributed by atoms with Crippen molar-refractivity contribution in [1.29, 1.82) is 0 Å². The normalized spacial score (nSPS) is 11.7. The van der Waals surface area contributed by atoms with Crippen molar-refractivity contribution in [2.75, 3.05) is 12.4 Å². The van der Waals surface area contributed by atoms with E-state index in [0.29, 0.717) is 32.9 Å². The minimum absolute atomic E-state index is 0.0876. The van der Waals surface area contributed by atoms with Gasteiger partial charge in [0.1, 0.15) is 29.7 Å². The van der Waals surface area contributed by atoms with Crippen molar-refractivity contribution in [3.8, 4) is 5.75 Å². The Morgan fingerprint density at radius 2 is 1.79 bits per heavy atom. The molecule has 0 fully saturated rings. The summed E-state index contributed by atoms with van der Waals surface area (Å²) in [5, 5.41) is 13.1. The third-order valence-electron chi connectivity index (χ3n) is 6.02. The number of methoxy groups -OCH3 is 1. The fraction of sp³-hybridized carbons (Fsp3) is 0.143. The van der Waals surface area contributed by atoms with E-state index in [2.05, 4.69) is 15.6 Å². The Morgan fingerprint density at radius 1 is 1.03 bits per heavy atom. The molecule has 1 N–H and O–H groups in total. The number of nitrogens with zero attached hydrogens (tertiary/aromatic N) is 4. The highest BCUT2D eigenvalue weighted by molar-refractivity contribution is 7.10. The number of nitrogens with one attached hydrogen (secondary N) is 1. The molecule has 5 rings (SSSR count). The van der Waals surface area contributed by atoms with Crippen molar-refractivity contribution in [2.45, 2.75) is 19.1 Å². The number of benzene rings is 3. The van der Waals surface area contributed by atoms with Gasteiger partial charge in [-0.15, -0.1) is 16.4 Å². The zero-order valence-corrected chi connectivity index (χ0v) is 21.3. The lowest BCUT2D eigenvalue weighted by molar-refractivity contribution is -0.140. The van der Waals surface area contributed by atoms with Crippen LogP contribution in [0.5, 0.6) is 5.75 Å². The maximum Gasteiger partial charge on any atom is 0.252 e. The molecule has 3 aromatic carbocycles. The molecule has 0 saturated heterocycles. The summed E-state index contributed by atoms with van der Waals surface area (Å²) in [7, 11) is 1.57. The first kappa shape index (κ1) is 25.1. The molecule has 0 bridgehead atoms. The van der Waals surface area contributed by atoms with E-state index in [1.807, 2.05) is 41.8 Å². The second kappa shape index (κ2) is 11.2. The molecule has 0 aliphatic heterocycles. The first-order chi connectivity index (χ1) is 18.5. The standard InChI is InChI=1S/C28H24FN5O3S/c1-37-22-14-12-21(13-15-22)30-28(36)27(25-7-4-16-38-25)33(17-19-8-10-20(29)11-9-19)26(35)18-34-24-6-3-2-5-23(24)31-32-34/h2-16,27H,17-18H2,1H3,(H,30,36)/t27-/m1/s1. The van der Waals surface area contributed by atoms with Crippen LogP contribution in [0.25, 0.3) is 11.0 Å². The Labute approximate surface area is 222 Å². The highest BCUT2D eigenvalue weighted by Crippen LogP contribution is 2.29. The van der Waals surface area contributed by atoms with E-state index in [-0.39, 0.29) is 30.7 Å². The molecule has 1 atom stereocenters. The van der Waals surface area contributed by atoms with Crippen LogP contribution < -0.4 is 10.1 Å². The summed E-state index contributed by atoms with van der Waals surface area (Å²) in [6.45, 7) is -0.0380. The average Bonchev–Trinajstić information content (AvgIpc) is 3.61. The quantitative estimate of drug-likeness (QED) is 0.289. The molecule has 38 heavy (non-hydrogen) atoms. The van der Waals surface area contributed by atoms with Gasteiger partial charge >= 0.3 is 0 Å². The summed E-state index contributed by atoms with van der Waals surface area (Å²) in [4.78, 5) is 29.8. The molecule has 0 aliphatic rings. The molecule has 0 radical (unpaired) electrons. The lowest BCUT2D eigenvalue weighted by atomic mass is 10.1. The van der Waals surface area contributed by atoms with Crippen molar-refractivity contribution in [3.05, 3.63) is 107 Å². The van der Waals surface area contributed by atoms with Crippen LogP contribution in [0.2, 0.25) is 0 Å². The Kier molecular flexibility index (Phi) is 7.41. The summed E-state index contributed by atoms with van der Waals surface area (Å²) < 4.78 is 20.3. The van der Waals surface area contributed by atoms with Gasteiger partial charge in [-0.2, -0.15) is 0 Å². The highest BCUT2D eigenvalue weighted by atomic mass is 32.1. The largest absolute Gasteiger partial charge is 0.497 e. The lowest BCUT2D eigenvalue weighted by Gasteiger charge is -2.30. The number of anilines is 1. The molecule has 0 spiro atoms. The number of thiophene rings is 1. The molecule has 8 nitrogen and oxygen atoms in total. The van der Waals surface area contributed by atoms with E-state index in [9.17, 15) is 14.0 Å². The van der Waals surface area contributed by atoms with Crippen LogP contribution in [0.4, 0.5) is 10.1 Å². The minimum atomic E-state index is -0.940. The van der Waals surface area contributed by atoms with Crippen molar-refractivity contribution < 1.29 is 18.7 Å². The number of aromatic nitrogens is 3.